The number of nitrogens with zero attached hydrogens (tertiary/aromatic N) is 3. The quantitative estimate of drug-likeness (QED) is 0.485. The number of anilines is 1. The molecule has 0 spiro atoms. The number of carboxylic acids is 2. The molecule has 0 aliphatic carbocycles. The number of amides is 1. The number of hydrogen-bond donors (Lipinski definition) is 3. The molecule has 2 aromatic rings. The maximum Gasteiger partial charge on any atom is 0.414 e. The van der Waals surface area contributed by atoms with Gasteiger partial charge in [0.1, 0.15) is 10.8 Å². The Morgan fingerprint density at radius 2 is 1.60 bits per heavy atom. The zero-order chi connectivity index (χ0) is 26.0. The number of piperazine rings is 1. The van der Waals surface area contributed by atoms with Gasteiger partial charge in [0, 0.05) is 42.7 Å². The summed E-state index contributed by atoms with van der Waals surface area (Å²) in [6, 6.07) is 7.50. The fraction of sp³-hybridized carbons (Fsp3) is 0.500. The van der Waals surface area contributed by atoms with Crippen molar-refractivity contribution in [1.29, 1.82) is 0 Å². The molecule has 1 aliphatic heterocycles. The lowest BCUT2D eigenvalue weighted by atomic mass is 9.93. The van der Waals surface area contributed by atoms with Crippen LogP contribution in [0.15, 0.2) is 29.6 Å². The molecular formula is C24H34N4O6S. The molecule has 1 amide bonds. The van der Waals surface area contributed by atoms with E-state index < -0.39 is 11.9 Å². The number of rotatable bonds is 7. The minimum absolute atomic E-state index is 0.0253. The van der Waals surface area contributed by atoms with Crippen molar-refractivity contribution in [3.05, 3.63) is 40.3 Å². The van der Waals surface area contributed by atoms with Crippen molar-refractivity contribution in [3.8, 4) is 5.75 Å². The molecule has 192 valence electrons. The van der Waals surface area contributed by atoms with E-state index >= 15 is 0 Å². The lowest BCUT2D eigenvalue weighted by Crippen LogP contribution is -2.48. The number of hydrogen-bond acceptors (Lipinski definition) is 8. The van der Waals surface area contributed by atoms with Crippen LogP contribution >= 0.6 is 11.3 Å². The van der Waals surface area contributed by atoms with Crippen LogP contribution in [0.2, 0.25) is 0 Å². The largest absolute Gasteiger partial charge is 0.494 e. The van der Waals surface area contributed by atoms with Gasteiger partial charge in [-0.05, 0) is 31.2 Å². The van der Waals surface area contributed by atoms with E-state index in [2.05, 4.69) is 41.3 Å². The Morgan fingerprint density at radius 1 is 1.03 bits per heavy atom. The molecule has 3 rings (SSSR count). The van der Waals surface area contributed by atoms with Gasteiger partial charge in [-0.25, -0.2) is 14.6 Å². The van der Waals surface area contributed by atoms with Gasteiger partial charge in [0.15, 0.2) is 0 Å². The van der Waals surface area contributed by atoms with E-state index in [1.54, 1.807) is 11.3 Å². The highest BCUT2D eigenvalue weighted by Crippen LogP contribution is 2.24. The van der Waals surface area contributed by atoms with Gasteiger partial charge in [-0.3, -0.25) is 14.6 Å². The van der Waals surface area contributed by atoms with Crippen molar-refractivity contribution in [3.63, 3.8) is 0 Å². The van der Waals surface area contributed by atoms with Gasteiger partial charge in [-0.2, -0.15) is 0 Å². The van der Waals surface area contributed by atoms with E-state index in [0.717, 1.165) is 44.2 Å². The third-order valence-electron chi connectivity index (χ3n) is 5.14. The monoisotopic (exact) mass is 506 g/mol. The molecular weight excluding hydrogens is 472 g/mol. The fourth-order valence-electron chi connectivity index (χ4n) is 3.23. The first kappa shape index (κ1) is 28.2. The number of aliphatic carboxylic acids is 2. The van der Waals surface area contributed by atoms with E-state index in [1.807, 2.05) is 31.2 Å². The molecule has 0 radical (unpaired) electrons. The van der Waals surface area contributed by atoms with Gasteiger partial charge in [0.25, 0.3) is 0 Å². The third-order valence-corrected chi connectivity index (χ3v) is 5.98. The molecule has 1 aliphatic rings. The Balaban J connectivity index is 0.000000641. The maximum absolute atomic E-state index is 12.4. The minimum atomic E-state index is -1.82. The SMILES string of the molecule is CCOc1ccc(NC(=O)CN2CCN(Cc3nc(C(C)(C)C)cs3)CC2)cc1.O=C(O)C(=O)O. The minimum Gasteiger partial charge on any atom is -0.494 e. The van der Waals surface area contributed by atoms with Crippen LogP contribution in [0.25, 0.3) is 0 Å². The Bertz CT molecular complexity index is 967. The van der Waals surface area contributed by atoms with E-state index in [0.29, 0.717) is 13.2 Å². The summed E-state index contributed by atoms with van der Waals surface area (Å²) in [6.45, 7) is 14.2. The van der Waals surface area contributed by atoms with E-state index in [-0.39, 0.29) is 11.3 Å². The van der Waals surface area contributed by atoms with Crippen molar-refractivity contribution in [2.24, 2.45) is 0 Å². The van der Waals surface area contributed by atoms with E-state index in [4.69, 9.17) is 29.5 Å². The van der Waals surface area contributed by atoms with Crippen LogP contribution < -0.4 is 10.1 Å². The summed E-state index contributed by atoms with van der Waals surface area (Å²) >= 11 is 1.75. The number of aromatic nitrogens is 1. The molecule has 35 heavy (non-hydrogen) atoms. The van der Waals surface area contributed by atoms with Gasteiger partial charge in [0.05, 0.1) is 25.4 Å². The predicted octanol–water partition coefficient (Wildman–Crippen LogP) is 2.75. The second-order valence-corrected chi connectivity index (χ2v) is 9.99. The Morgan fingerprint density at radius 3 is 2.09 bits per heavy atom. The van der Waals surface area contributed by atoms with Gasteiger partial charge in [-0.15, -0.1) is 11.3 Å². The number of carboxylic acid groups (broad SMARTS) is 2. The first-order valence-corrected chi connectivity index (χ1v) is 12.2. The molecule has 0 saturated carbocycles. The Kier molecular flexibility index (Phi) is 10.6. The number of ether oxygens (including phenoxy) is 1. The summed E-state index contributed by atoms with van der Waals surface area (Å²) in [5.41, 5.74) is 2.07. The maximum atomic E-state index is 12.4. The summed E-state index contributed by atoms with van der Waals surface area (Å²) in [7, 11) is 0. The fourth-order valence-corrected chi connectivity index (χ4v) is 4.29. The van der Waals surface area contributed by atoms with Crippen LogP contribution in [0, 0.1) is 0 Å². The van der Waals surface area contributed by atoms with Gasteiger partial charge in [0.2, 0.25) is 5.91 Å². The number of benzene rings is 1. The van der Waals surface area contributed by atoms with Crippen LogP contribution in [-0.4, -0.2) is 82.2 Å². The number of nitrogens with one attached hydrogen (secondary N) is 1. The summed E-state index contributed by atoms with van der Waals surface area (Å²) in [5.74, 6) is -2.81. The molecule has 3 N–H and O–H groups in total. The number of carbonyl (C=O) groups excluding carboxylic acids is 1. The van der Waals surface area contributed by atoms with Crippen molar-refractivity contribution in [2.75, 3.05) is 44.6 Å². The normalized spacial score (nSPS) is 14.5. The van der Waals surface area contributed by atoms with Crippen LogP contribution in [0.3, 0.4) is 0 Å². The van der Waals surface area contributed by atoms with E-state index in [9.17, 15) is 4.79 Å². The lowest BCUT2D eigenvalue weighted by Gasteiger charge is -2.33. The van der Waals surface area contributed by atoms with Gasteiger partial charge < -0.3 is 20.3 Å². The highest BCUT2D eigenvalue weighted by atomic mass is 32.1. The standard InChI is InChI=1S/C22H32N4O2S.C2H2O4/c1-5-28-18-8-6-17(7-9-18)23-20(27)14-25-10-12-26(13-11-25)15-21-24-19(16-29-21)22(2,3)4;3-1(4)2(5)6/h6-9,16H,5,10-15H2,1-4H3,(H,23,27);(H,3,4)(H,5,6). The van der Waals surface area contributed by atoms with Crippen LogP contribution in [0.4, 0.5) is 5.69 Å². The van der Waals surface area contributed by atoms with Crippen LogP contribution in [0.5, 0.6) is 5.75 Å². The molecule has 0 unspecified atom stereocenters. The third kappa shape index (κ3) is 10.0. The number of thiazole rings is 1. The van der Waals surface area contributed by atoms with Crippen LogP contribution in [-0.2, 0) is 26.3 Å². The zero-order valence-corrected chi connectivity index (χ0v) is 21.4. The highest BCUT2D eigenvalue weighted by molar-refractivity contribution is 7.09. The molecule has 2 heterocycles. The average molecular weight is 507 g/mol. The predicted molar refractivity (Wildman–Crippen MR) is 134 cm³/mol. The van der Waals surface area contributed by atoms with Gasteiger partial charge in [-0.1, -0.05) is 20.8 Å². The summed E-state index contributed by atoms with van der Waals surface area (Å²) in [5, 5.41) is 21.1. The first-order chi connectivity index (χ1) is 16.5. The Hall–Kier alpha value is -3.02. The molecule has 1 aromatic heterocycles. The van der Waals surface area contributed by atoms with Gasteiger partial charge >= 0.3 is 11.9 Å². The lowest BCUT2D eigenvalue weighted by molar-refractivity contribution is -0.159. The second-order valence-electron chi connectivity index (χ2n) is 9.04. The van der Waals surface area contributed by atoms with Crippen molar-refractivity contribution in [2.45, 2.75) is 39.7 Å². The molecule has 1 aromatic carbocycles. The smallest absolute Gasteiger partial charge is 0.414 e. The summed E-state index contributed by atoms with van der Waals surface area (Å²) in [4.78, 5) is 40.0. The molecule has 1 saturated heterocycles. The molecule has 1 fully saturated rings. The summed E-state index contributed by atoms with van der Waals surface area (Å²) in [6.07, 6.45) is 0. The average Bonchev–Trinajstić information content (AvgIpc) is 3.26. The molecule has 0 bridgehead atoms. The topological polar surface area (TPSA) is 132 Å². The van der Waals surface area contributed by atoms with Crippen molar-refractivity contribution in [1.82, 2.24) is 14.8 Å². The molecule has 0 atom stereocenters. The van der Waals surface area contributed by atoms with Crippen molar-refractivity contribution < 1.29 is 29.3 Å². The van der Waals surface area contributed by atoms with E-state index in [1.165, 1.54) is 10.7 Å². The first-order valence-electron chi connectivity index (χ1n) is 11.4. The van der Waals surface area contributed by atoms with Crippen molar-refractivity contribution >= 4 is 34.9 Å². The molecule has 10 nitrogen and oxygen atoms in total. The zero-order valence-electron chi connectivity index (χ0n) is 20.6. The Labute approximate surface area is 209 Å². The second kappa shape index (κ2) is 13.2. The highest BCUT2D eigenvalue weighted by Gasteiger charge is 2.22. The summed E-state index contributed by atoms with van der Waals surface area (Å²) < 4.78 is 5.43. The number of carbonyl (C=O) groups is 3. The van der Waals surface area contributed by atoms with Crippen LogP contribution in [0.1, 0.15) is 38.4 Å². The molecule has 11 heteroatoms.